The van der Waals surface area contributed by atoms with E-state index in [9.17, 15) is 0 Å². The fraction of sp³-hybridized carbons (Fsp3) is 0.455. The van der Waals surface area contributed by atoms with Crippen LogP contribution in [0, 0.1) is 0 Å². The zero-order valence-electron chi connectivity index (χ0n) is 9.14. The molecule has 0 aliphatic rings. The van der Waals surface area contributed by atoms with Crippen molar-refractivity contribution in [1.82, 2.24) is 10.6 Å². The van der Waals surface area contributed by atoms with E-state index in [1.54, 1.807) is 7.11 Å². The van der Waals surface area contributed by atoms with Gasteiger partial charge in [-0.3, -0.25) is 0 Å². The van der Waals surface area contributed by atoms with Gasteiger partial charge in [0.2, 0.25) is 0 Å². The van der Waals surface area contributed by atoms with Crippen molar-refractivity contribution in [2.24, 2.45) is 0 Å². The lowest BCUT2D eigenvalue weighted by Gasteiger charge is -2.09. The van der Waals surface area contributed by atoms with E-state index in [-0.39, 0.29) is 0 Å². The molecule has 0 saturated carbocycles. The van der Waals surface area contributed by atoms with Crippen molar-refractivity contribution in [3.05, 3.63) is 28.2 Å². The van der Waals surface area contributed by atoms with Crippen LogP contribution in [0.2, 0.25) is 0 Å². The molecular formula is C11H17BrN2O. The average molecular weight is 273 g/mol. The highest BCUT2D eigenvalue weighted by Gasteiger charge is 2.02. The van der Waals surface area contributed by atoms with Gasteiger partial charge in [0.15, 0.2) is 0 Å². The second-order valence-corrected chi connectivity index (χ2v) is 4.15. The van der Waals surface area contributed by atoms with Gasteiger partial charge in [-0.15, -0.1) is 0 Å². The number of hydrogen-bond donors (Lipinski definition) is 2. The highest BCUT2D eigenvalue weighted by Crippen LogP contribution is 2.22. The summed E-state index contributed by atoms with van der Waals surface area (Å²) in [5, 5.41) is 6.31. The van der Waals surface area contributed by atoms with Crippen LogP contribution in [0.4, 0.5) is 0 Å². The molecule has 0 atom stereocenters. The highest BCUT2D eigenvalue weighted by molar-refractivity contribution is 9.10. The number of hydrogen-bond acceptors (Lipinski definition) is 3. The van der Waals surface area contributed by atoms with Crippen LogP contribution in [0.15, 0.2) is 22.7 Å². The molecule has 0 saturated heterocycles. The number of benzene rings is 1. The molecule has 0 aliphatic heterocycles. The molecule has 0 heterocycles. The first-order valence-corrected chi connectivity index (χ1v) is 5.75. The third-order valence-electron chi connectivity index (χ3n) is 2.12. The van der Waals surface area contributed by atoms with E-state index in [2.05, 4.69) is 32.6 Å². The van der Waals surface area contributed by atoms with Gasteiger partial charge in [-0.25, -0.2) is 0 Å². The first-order valence-electron chi connectivity index (χ1n) is 4.95. The molecule has 0 spiro atoms. The zero-order valence-corrected chi connectivity index (χ0v) is 10.7. The summed E-state index contributed by atoms with van der Waals surface area (Å²) in [6.07, 6.45) is 0.963. The van der Waals surface area contributed by atoms with Crippen LogP contribution in [-0.4, -0.2) is 27.4 Å². The Morgan fingerprint density at radius 3 is 2.87 bits per heavy atom. The Bertz CT molecular complexity index is 305. The van der Waals surface area contributed by atoms with Crippen LogP contribution >= 0.6 is 15.9 Å². The van der Waals surface area contributed by atoms with Crippen molar-refractivity contribution in [1.29, 1.82) is 0 Å². The van der Waals surface area contributed by atoms with Crippen molar-refractivity contribution >= 4 is 15.9 Å². The molecule has 0 radical (unpaired) electrons. The molecular weight excluding hydrogens is 256 g/mol. The molecule has 1 rings (SSSR count). The van der Waals surface area contributed by atoms with Crippen molar-refractivity contribution in [3.8, 4) is 5.75 Å². The summed E-state index contributed by atoms with van der Waals surface area (Å²) in [4.78, 5) is 0. The largest absolute Gasteiger partial charge is 0.496 e. The highest BCUT2D eigenvalue weighted by atomic mass is 79.9. The van der Waals surface area contributed by atoms with Crippen molar-refractivity contribution in [2.45, 2.75) is 6.42 Å². The van der Waals surface area contributed by atoms with Gasteiger partial charge in [0.05, 0.1) is 7.11 Å². The summed E-state index contributed by atoms with van der Waals surface area (Å²) in [6, 6.07) is 6.07. The standard InChI is InChI=1S/C11H17BrN2O/c1-13-8-14-6-5-9-7-10(12)3-4-11(9)15-2/h3-4,7,13-14H,5-6,8H2,1-2H3. The van der Waals surface area contributed by atoms with Gasteiger partial charge in [0.1, 0.15) is 5.75 Å². The van der Waals surface area contributed by atoms with Crippen molar-refractivity contribution in [3.63, 3.8) is 0 Å². The average Bonchev–Trinajstić information content (AvgIpc) is 2.25. The number of rotatable bonds is 6. The Labute approximate surface area is 99.3 Å². The van der Waals surface area contributed by atoms with E-state index in [0.717, 1.165) is 29.9 Å². The first-order chi connectivity index (χ1) is 7.27. The van der Waals surface area contributed by atoms with E-state index in [4.69, 9.17) is 4.74 Å². The lowest BCUT2D eigenvalue weighted by atomic mass is 10.1. The molecule has 0 amide bonds. The number of nitrogens with one attached hydrogen (secondary N) is 2. The van der Waals surface area contributed by atoms with Crippen molar-refractivity contribution in [2.75, 3.05) is 27.4 Å². The monoisotopic (exact) mass is 272 g/mol. The summed E-state index contributed by atoms with van der Waals surface area (Å²) in [7, 11) is 3.63. The molecule has 1 aromatic carbocycles. The molecule has 0 aliphatic carbocycles. The van der Waals surface area contributed by atoms with Crippen LogP contribution in [0.1, 0.15) is 5.56 Å². The van der Waals surface area contributed by atoms with Crippen LogP contribution in [0.5, 0.6) is 5.75 Å². The van der Waals surface area contributed by atoms with Crippen molar-refractivity contribution < 1.29 is 4.74 Å². The van der Waals surface area contributed by atoms with E-state index >= 15 is 0 Å². The zero-order chi connectivity index (χ0) is 11.1. The maximum atomic E-state index is 5.29. The number of ether oxygens (including phenoxy) is 1. The second kappa shape index (κ2) is 6.82. The van der Waals surface area contributed by atoms with Gasteiger partial charge in [-0.05, 0) is 37.2 Å². The minimum Gasteiger partial charge on any atom is -0.496 e. The number of halogens is 1. The smallest absolute Gasteiger partial charge is 0.122 e. The Morgan fingerprint density at radius 1 is 1.40 bits per heavy atom. The van der Waals surface area contributed by atoms with E-state index in [1.807, 2.05) is 19.2 Å². The normalized spacial score (nSPS) is 10.3. The summed E-state index contributed by atoms with van der Waals surface area (Å²) >= 11 is 3.46. The lowest BCUT2D eigenvalue weighted by molar-refractivity contribution is 0.409. The maximum absolute atomic E-state index is 5.29. The molecule has 3 nitrogen and oxygen atoms in total. The Kier molecular flexibility index (Phi) is 5.68. The minimum absolute atomic E-state index is 0.830. The van der Waals surface area contributed by atoms with Gasteiger partial charge >= 0.3 is 0 Å². The molecule has 0 aromatic heterocycles. The molecule has 0 unspecified atom stereocenters. The van der Waals surface area contributed by atoms with E-state index < -0.39 is 0 Å². The fourth-order valence-corrected chi connectivity index (χ4v) is 1.79. The van der Waals surface area contributed by atoms with Gasteiger partial charge in [-0.1, -0.05) is 15.9 Å². The lowest BCUT2D eigenvalue weighted by Crippen LogP contribution is -2.27. The molecule has 0 fully saturated rings. The number of methoxy groups -OCH3 is 1. The maximum Gasteiger partial charge on any atom is 0.122 e. The second-order valence-electron chi connectivity index (χ2n) is 3.24. The summed E-state index contributed by atoms with van der Waals surface area (Å²) in [6.45, 7) is 1.77. The summed E-state index contributed by atoms with van der Waals surface area (Å²) in [5.41, 5.74) is 1.22. The van der Waals surface area contributed by atoms with Gasteiger partial charge in [0, 0.05) is 17.7 Å². The minimum atomic E-state index is 0.830. The van der Waals surface area contributed by atoms with E-state index in [0.29, 0.717) is 0 Å². The van der Waals surface area contributed by atoms with Gasteiger partial charge in [-0.2, -0.15) is 0 Å². The topological polar surface area (TPSA) is 33.3 Å². The Balaban J connectivity index is 2.54. The van der Waals surface area contributed by atoms with Crippen LogP contribution in [0.25, 0.3) is 0 Å². The quantitative estimate of drug-likeness (QED) is 0.612. The SMILES string of the molecule is CNCNCCc1cc(Br)ccc1OC. The van der Waals surface area contributed by atoms with Gasteiger partial charge in [0.25, 0.3) is 0 Å². The van der Waals surface area contributed by atoms with Crippen LogP contribution in [0.3, 0.4) is 0 Å². The Morgan fingerprint density at radius 2 is 2.20 bits per heavy atom. The first kappa shape index (κ1) is 12.5. The molecule has 15 heavy (non-hydrogen) atoms. The molecule has 2 N–H and O–H groups in total. The van der Waals surface area contributed by atoms with Crippen LogP contribution in [-0.2, 0) is 6.42 Å². The van der Waals surface area contributed by atoms with Gasteiger partial charge < -0.3 is 15.4 Å². The fourth-order valence-electron chi connectivity index (χ4n) is 1.38. The molecule has 0 bridgehead atoms. The third kappa shape index (κ3) is 4.20. The molecule has 4 heteroatoms. The predicted molar refractivity (Wildman–Crippen MR) is 66.3 cm³/mol. The Hall–Kier alpha value is -0.580. The molecule has 1 aromatic rings. The molecule has 84 valence electrons. The predicted octanol–water partition coefficient (Wildman–Crippen LogP) is 1.77. The summed E-state index contributed by atoms with van der Waals surface area (Å²) in [5.74, 6) is 0.949. The third-order valence-corrected chi connectivity index (χ3v) is 2.61. The van der Waals surface area contributed by atoms with Crippen LogP contribution < -0.4 is 15.4 Å². The van der Waals surface area contributed by atoms with E-state index in [1.165, 1.54) is 5.56 Å². The summed E-state index contributed by atoms with van der Waals surface area (Å²) < 4.78 is 6.38.